The molecule has 0 aromatic carbocycles. The number of aryl methyl sites for hydroxylation is 2. The highest BCUT2D eigenvalue weighted by atomic mass is 16.5. The summed E-state index contributed by atoms with van der Waals surface area (Å²) in [5, 5.41) is 6.86. The average molecular weight is 393 g/mol. The monoisotopic (exact) mass is 392 g/mol. The molecule has 8 nitrogen and oxygen atoms in total. The van der Waals surface area contributed by atoms with Crippen LogP contribution in [-0.2, 0) is 9.53 Å². The summed E-state index contributed by atoms with van der Waals surface area (Å²) in [4.78, 5) is 29.5. The maximum absolute atomic E-state index is 12.8. The Morgan fingerprint density at radius 3 is 2.61 bits per heavy atom. The molecule has 0 bridgehead atoms. The van der Waals surface area contributed by atoms with Gasteiger partial charge in [-0.2, -0.15) is 0 Å². The summed E-state index contributed by atoms with van der Waals surface area (Å²) < 4.78 is 10.1. The highest BCUT2D eigenvalue weighted by molar-refractivity contribution is 5.96. The molecule has 1 atom stereocenters. The lowest BCUT2D eigenvalue weighted by atomic mass is 9.93. The van der Waals surface area contributed by atoms with Crippen LogP contribution in [0.1, 0.15) is 47.5 Å². The number of rotatable bonds is 6. The third-order valence-corrected chi connectivity index (χ3v) is 5.94. The molecule has 28 heavy (non-hydrogen) atoms. The molecule has 1 aromatic rings. The smallest absolute Gasteiger partial charge is 0.259 e. The molecule has 2 aliphatic rings. The predicted molar refractivity (Wildman–Crippen MR) is 104 cm³/mol. The Hall–Kier alpha value is -1.93. The van der Waals surface area contributed by atoms with E-state index in [1.54, 1.807) is 14.0 Å². The number of hydrogen-bond acceptors (Lipinski definition) is 6. The Balaban J connectivity index is 1.50. The van der Waals surface area contributed by atoms with Gasteiger partial charge in [0, 0.05) is 39.3 Å². The fourth-order valence-corrected chi connectivity index (χ4v) is 4.35. The van der Waals surface area contributed by atoms with Gasteiger partial charge in [0.05, 0.1) is 18.2 Å². The van der Waals surface area contributed by atoms with Gasteiger partial charge in [-0.3, -0.25) is 14.5 Å². The molecule has 1 aromatic heterocycles. The van der Waals surface area contributed by atoms with Crippen LogP contribution in [0.3, 0.4) is 0 Å². The van der Waals surface area contributed by atoms with Gasteiger partial charge < -0.3 is 19.5 Å². The average Bonchev–Trinajstić information content (AvgIpc) is 3.06. The second-order valence-corrected chi connectivity index (χ2v) is 7.84. The molecule has 2 amide bonds. The molecular formula is C20H32N4O4. The van der Waals surface area contributed by atoms with Crippen molar-refractivity contribution in [3.63, 3.8) is 0 Å². The van der Waals surface area contributed by atoms with Crippen molar-refractivity contribution in [3.05, 3.63) is 17.0 Å². The van der Waals surface area contributed by atoms with Crippen molar-refractivity contribution < 1.29 is 18.8 Å². The minimum absolute atomic E-state index is 0.0174. The summed E-state index contributed by atoms with van der Waals surface area (Å²) in [6.07, 6.45) is 3.86. The SMILES string of the molecule is COCCNC(=O)C1CCCN(C2CCN(C(=O)c3c(C)noc3C)CC2)C1. The van der Waals surface area contributed by atoms with Crippen LogP contribution in [0.5, 0.6) is 0 Å². The van der Waals surface area contributed by atoms with E-state index in [4.69, 9.17) is 9.26 Å². The zero-order valence-electron chi connectivity index (χ0n) is 17.2. The molecule has 3 heterocycles. The van der Waals surface area contributed by atoms with E-state index < -0.39 is 0 Å². The van der Waals surface area contributed by atoms with Gasteiger partial charge in [-0.15, -0.1) is 0 Å². The fourth-order valence-electron chi connectivity index (χ4n) is 4.35. The fraction of sp³-hybridized carbons (Fsp3) is 0.750. The van der Waals surface area contributed by atoms with Crippen molar-refractivity contribution >= 4 is 11.8 Å². The van der Waals surface area contributed by atoms with E-state index in [-0.39, 0.29) is 17.7 Å². The molecule has 0 spiro atoms. The van der Waals surface area contributed by atoms with Gasteiger partial charge in [0.1, 0.15) is 11.3 Å². The van der Waals surface area contributed by atoms with E-state index in [9.17, 15) is 9.59 Å². The summed E-state index contributed by atoms with van der Waals surface area (Å²) in [5.41, 5.74) is 1.26. The number of amides is 2. The van der Waals surface area contributed by atoms with Crippen molar-refractivity contribution in [1.82, 2.24) is 20.3 Å². The molecule has 2 saturated heterocycles. The largest absolute Gasteiger partial charge is 0.383 e. The van der Waals surface area contributed by atoms with E-state index in [2.05, 4.69) is 15.4 Å². The second kappa shape index (κ2) is 9.52. The summed E-state index contributed by atoms with van der Waals surface area (Å²) in [5.74, 6) is 0.784. The first-order valence-corrected chi connectivity index (χ1v) is 10.2. The Morgan fingerprint density at radius 2 is 1.96 bits per heavy atom. The minimum atomic E-state index is 0.0174. The third kappa shape index (κ3) is 4.72. The molecule has 1 N–H and O–H groups in total. The zero-order chi connectivity index (χ0) is 20.1. The molecule has 0 radical (unpaired) electrons. The van der Waals surface area contributed by atoms with Crippen LogP contribution in [0.25, 0.3) is 0 Å². The van der Waals surface area contributed by atoms with Gasteiger partial charge in [-0.05, 0) is 46.1 Å². The highest BCUT2D eigenvalue weighted by Gasteiger charge is 2.33. The van der Waals surface area contributed by atoms with Crippen LogP contribution in [0.15, 0.2) is 4.52 Å². The lowest BCUT2D eigenvalue weighted by Crippen LogP contribution is -2.51. The van der Waals surface area contributed by atoms with Gasteiger partial charge in [-0.25, -0.2) is 0 Å². The Morgan fingerprint density at radius 1 is 1.21 bits per heavy atom. The van der Waals surface area contributed by atoms with Crippen molar-refractivity contribution in [2.45, 2.75) is 45.6 Å². The van der Waals surface area contributed by atoms with Gasteiger partial charge in [-0.1, -0.05) is 5.16 Å². The molecule has 2 fully saturated rings. The minimum Gasteiger partial charge on any atom is -0.383 e. The lowest BCUT2D eigenvalue weighted by Gasteiger charge is -2.42. The topological polar surface area (TPSA) is 87.9 Å². The van der Waals surface area contributed by atoms with Gasteiger partial charge in [0.2, 0.25) is 5.91 Å². The first-order chi connectivity index (χ1) is 13.5. The van der Waals surface area contributed by atoms with Crippen molar-refractivity contribution in [1.29, 1.82) is 0 Å². The number of piperidine rings is 2. The summed E-state index contributed by atoms with van der Waals surface area (Å²) in [6, 6.07) is 0.434. The highest BCUT2D eigenvalue weighted by Crippen LogP contribution is 2.25. The summed E-state index contributed by atoms with van der Waals surface area (Å²) in [7, 11) is 1.64. The maximum Gasteiger partial charge on any atom is 0.259 e. The molecule has 8 heteroatoms. The van der Waals surface area contributed by atoms with E-state index in [0.717, 1.165) is 51.9 Å². The first-order valence-electron chi connectivity index (χ1n) is 10.2. The summed E-state index contributed by atoms with van der Waals surface area (Å²) in [6.45, 7) is 8.00. The molecule has 3 rings (SSSR count). The van der Waals surface area contributed by atoms with E-state index >= 15 is 0 Å². The molecular weight excluding hydrogens is 360 g/mol. The predicted octanol–water partition coefficient (Wildman–Crippen LogP) is 1.37. The lowest BCUT2D eigenvalue weighted by molar-refractivity contribution is -0.127. The standard InChI is InChI=1S/C20H32N4O4/c1-14-18(15(2)28-22-14)20(26)23-10-6-17(7-11-23)24-9-4-5-16(13-24)19(25)21-8-12-27-3/h16-17H,4-13H2,1-3H3,(H,21,25). The number of hydrogen-bond donors (Lipinski definition) is 1. The van der Waals surface area contributed by atoms with E-state index in [0.29, 0.717) is 36.2 Å². The van der Waals surface area contributed by atoms with Gasteiger partial charge in [0.15, 0.2) is 0 Å². The number of methoxy groups -OCH3 is 1. The molecule has 156 valence electrons. The first kappa shape index (κ1) is 20.8. The van der Waals surface area contributed by atoms with Crippen molar-refractivity contribution in [3.8, 4) is 0 Å². The van der Waals surface area contributed by atoms with E-state index in [1.807, 2.05) is 11.8 Å². The number of nitrogens with one attached hydrogen (secondary N) is 1. The number of likely N-dealkylation sites (tertiary alicyclic amines) is 2. The van der Waals surface area contributed by atoms with Crippen LogP contribution in [-0.4, -0.2) is 79.3 Å². The van der Waals surface area contributed by atoms with Crippen LogP contribution in [0.2, 0.25) is 0 Å². The third-order valence-electron chi connectivity index (χ3n) is 5.94. The van der Waals surface area contributed by atoms with Crippen LogP contribution >= 0.6 is 0 Å². The Bertz CT molecular complexity index is 662. The molecule has 2 aliphatic heterocycles. The number of carbonyl (C=O) groups excluding carboxylic acids is 2. The number of aromatic nitrogens is 1. The summed E-state index contributed by atoms with van der Waals surface area (Å²) >= 11 is 0. The van der Waals surface area contributed by atoms with Crippen molar-refractivity contribution in [2.75, 3.05) is 46.4 Å². The van der Waals surface area contributed by atoms with Crippen molar-refractivity contribution in [2.24, 2.45) is 5.92 Å². The molecule has 1 unspecified atom stereocenters. The van der Waals surface area contributed by atoms with Crippen LogP contribution in [0, 0.1) is 19.8 Å². The quantitative estimate of drug-likeness (QED) is 0.736. The van der Waals surface area contributed by atoms with Crippen LogP contribution < -0.4 is 5.32 Å². The van der Waals surface area contributed by atoms with Gasteiger partial charge in [0.25, 0.3) is 5.91 Å². The molecule has 0 saturated carbocycles. The second-order valence-electron chi connectivity index (χ2n) is 7.84. The Kier molecular flexibility index (Phi) is 7.07. The number of nitrogens with zero attached hydrogens (tertiary/aromatic N) is 3. The number of ether oxygens (including phenoxy) is 1. The van der Waals surface area contributed by atoms with Crippen LogP contribution in [0.4, 0.5) is 0 Å². The van der Waals surface area contributed by atoms with E-state index in [1.165, 1.54) is 0 Å². The maximum atomic E-state index is 12.8. The Labute approximate surface area is 166 Å². The molecule has 0 aliphatic carbocycles. The normalized spacial score (nSPS) is 21.7. The van der Waals surface area contributed by atoms with Gasteiger partial charge >= 0.3 is 0 Å². The zero-order valence-corrected chi connectivity index (χ0v) is 17.2. The number of carbonyl (C=O) groups is 2.